The topological polar surface area (TPSA) is 79.3 Å². The lowest BCUT2D eigenvalue weighted by atomic mass is 10.2. The van der Waals surface area contributed by atoms with Gasteiger partial charge in [-0.2, -0.15) is 0 Å². The molecule has 0 aliphatic heterocycles. The number of sulfonamides is 1. The van der Waals surface area contributed by atoms with Crippen LogP contribution in [0.1, 0.15) is 5.56 Å². The number of anilines is 1. The molecule has 0 amide bonds. The maximum absolute atomic E-state index is 12.0. The van der Waals surface area contributed by atoms with Crippen molar-refractivity contribution in [2.45, 2.75) is 4.21 Å². The fraction of sp³-hybridized carbons (Fsp3) is 0.0833. The smallest absolute Gasteiger partial charge is 0.272 e. The van der Waals surface area contributed by atoms with E-state index in [0.29, 0.717) is 5.56 Å². The minimum absolute atomic E-state index is 0.193. The number of hydrogen-bond acceptors (Lipinski definition) is 5. The lowest BCUT2D eigenvalue weighted by molar-refractivity contribution is 0.350. The number of aromatic nitrogens is 1. The maximum Gasteiger partial charge on any atom is 0.272 e. The Labute approximate surface area is 115 Å². The molecule has 2 aromatic rings. The summed E-state index contributed by atoms with van der Waals surface area (Å²) in [7, 11) is -3.60. The van der Waals surface area contributed by atoms with E-state index in [1.165, 1.54) is 18.3 Å². The highest BCUT2D eigenvalue weighted by Gasteiger charge is 2.15. The first-order chi connectivity index (χ1) is 9.12. The SMILES string of the molecule is O=S(=O)(Nc1cc(C#CCO)ccn1)c1cccs1. The Morgan fingerprint density at radius 2 is 2.26 bits per heavy atom. The van der Waals surface area contributed by atoms with E-state index >= 15 is 0 Å². The molecule has 0 unspecified atom stereocenters. The van der Waals surface area contributed by atoms with Crippen molar-refractivity contribution < 1.29 is 13.5 Å². The highest BCUT2D eigenvalue weighted by atomic mass is 32.2. The highest BCUT2D eigenvalue weighted by Crippen LogP contribution is 2.19. The van der Waals surface area contributed by atoms with E-state index in [4.69, 9.17) is 5.11 Å². The second-order valence-corrected chi connectivity index (χ2v) is 6.28. The van der Waals surface area contributed by atoms with Crippen LogP contribution in [0.2, 0.25) is 0 Å². The summed E-state index contributed by atoms with van der Waals surface area (Å²) in [6.07, 6.45) is 1.45. The second kappa shape index (κ2) is 5.84. The van der Waals surface area contributed by atoms with Crippen LogP contribution in [0.15, 0.2) is 40.1 Å². The molecule has 2 heterocycles. The first-order valence-electron chi connectivity index (χ1n) is 5.24. The van der Waals surface area contributed by atoms with E-state index in [9.17, 15) is 8.42 Å². The van der Waals surface area contributed by atoms with Crippen molar-refractivity contribution in [3.05, 3.63) is 41.4 Å². The van der Waals surface area contributed by atoms with Crippen molar-refractivity contribution in [2.75, 3.05) is 11.3 Å². The standard InChI is InChI=1S/C12H10N2O3S2/c15-7-1-3-10-5-6-13-11(9-10)14-19(16,17)12-4-2-8-18-12/h2,4-6,8-9,15H,7H2,(H,13,14). The molecule has 2 N–H and O–H groups in total. The Hall–Kier alpha value is -1.88. The summed E-state index contributed by atoms with van der Waals surface area (Å²) >= 11 is 1.13. The Kier molecular flexibility index (Phi) is 4.16. The van der Waals surface area contributed by atoms with Gasteiger partial charge in [0.05, 0.1) is 0 Å². The molecule has 0 spiro atoms. The third-order valence-electron chi connectivity index (χ3n) is 2.07. The summed E-state index contributed by atoms with van der Waals surface area (Å²) < 4.78 is 26.5. The number of nitrogens with zero attached hydrogens (tertiary/aromatic N) is 1. The van der Waals surface area contributed by atoms with Gasteiger partial charge in [0.15, 0.2) is 0 Å². The lowest BCUT2D eigenvalue weighted by Gasteiger charge is -2.05. The van der Waals surface area contributed by atoms with E-state index < -0.39 is 10.0 Å². The number of pyridine rings is 1. The molecule has 19 heavy (non-hydrogen) atoms. The summed E-state index contributed by atoms with van der Waals surface area (Å²) in [6.45, 7) is -0.251. The van der Waals surface area contributed by atoms with Gasteiger partial charge in [-0.3, -0.25) is 4.72 Å². The molecule has 0 aromatic carbocycles. The Bertz CT molecular complexity index is 713. The van der Waals surface area contributed by atoms with Crippen molar-refractivity contribution in [1.29, 1.82) is 0 Å². The van der Waals surface area contributed by atoms with Crippen molar-refractivity contribution in [1.82, 2.24) is 4.98 Å². The fourth-order valence-electron chi connectivity index (χ4n) is 1.31. The van der Waals surface area contributed by atoms with E-state index in [0.717, 1.165) is 11.3 Å². The van der Waals surface area contributed by atoms with Crippen molar-refractivity contribution in [2.24, 2.45) is 0 Å². The molecule has 98 valence electrons. The zero-order chi connectivity index (χ0) is 13.7. The molecule has 0 saturated heterocycles. The normalized spacial score (nSPS) is 10.6. The van der Waals surface area contributed by atoms with E-state index in [2.05, 4.69) is 21.5 Å². The van der Waals surface area contributed by atoms with Gasteiger partial charge in [-0.05, 0) is 23.6 Å². The quantitative estimate of drug-likeness (QED) is 0.836. The lowest BCUT2D eigenvalue weighted by Crippen LogP contribution is -2.12. The summed E-state index contributed by atoms with van der Waals surface area (Å²) in [4.78, 5) is 3.93. The summed E-state index contributed by atoms with van der Waals surface area (Å²) in [6, 6.07) is 6.32. The van der Waals surface area contributed by atoms with Crippen LogP contribution in [0.3, 0.4) is 0 Å². The minimum Gasteiger partial charge on any atom is -0.384 e. The van der Waals surface area contributed by atoms with Gasteiger partial charge in [-0.25, -0.2) is 13.4 Å². The number of aliphatic hydroxyl groups excluding tert-OH is 1. The predicted molar refractivity (Wildman–Crippen MR) is 73.3 cm³/mol. The van der Waals surface area contributed by atoms with Crippen LogP contribution < -0.4 is 4.72 Å². The van der Waals surface area contributed by atoms with Gasteiger partial charge in [-0.15, -0.1) is 11.3 Å². The molecule has 0 bridgehead atoms. The molecule has 2 rings (SSSR count). The molecular formula is C12H10N2O3S2. The van der Waals surface area contributed by atoms with Crippen LogP contribution >= 0.6 is 11.3 Å². The van der Waals surface area contributed by atoms with Crippen LogP contribution in [0.4, 0.5) is 5.82 Å². The maximum atomic E-state index is 12.0. The number of thiophene rings is 1. The molecule has 0 aliphatic rings. The third-order valence-corrected chi connectivity index (χ3v) is 4.82. The number of nitrogens with one attached hydrogen (secondary N) is 1. The van der Waals surface area contributed by atoms with Crippen LogP contribution in [0, 0.1) is 11.8 Å². The molecule has 7 heteroatoms. The van der Waals surface area contributed by atoms with E-state index in [1.54, 1.807) is 17.5 Å². The summed E-state index contributed by atoms with van der Waals surface area (Å²) in [5, 5.41) is 10.3. The highest BCUT2D eigenvalue weighted by molar-refractivity contribution is 7.94. The first-order valence-corrected chi connectivity index (χ1v) is 7.60. The monoisotopic (exact) mass is 294 g/mol. The van der Waals surface area contributed by atoms with Crippen molar-refractivity contribution >= 4 is 27.2 Å². The van der Waals surface area contributed by atoms with Gasteiger partial charge in [0.1, 0.15) is 16.6 Å². The van der Waals surface area contributed by atoms with Crippen molar-refractivity contribution in [3.8, 4) is 11.8 Å². The predicted octanol–water partition coefficient (Wildman–Crippen LogP) is 1.29. The molecular weight excluding hydrogens is 284 g/mol. The Morgan fingerprint density at radius 3 is 2.95 bits per heavy atom. The zero-order valence-corrected chi connectivity index (χ0v) is 11.3. The van der Waals surface area contributed by atoms with Crippen molar-refractivity contribution in [3.63, 3.8) is 0 Å². The number of aliphatic hydroxyl groups is 1. The van der Waals surface area contributed by atoms with Crippen LogP contribution in [0.25, 0.3) is 0 Å². The molecule has 2 aromatic heterocycles. The molecule has 5 nitrogen and oxygen atoms in total. The van der Waals surface area contributed by atoms with Gasteiger partial charge in [0.25, 0.3) is 10.0 Å². The van der Waals surface area contributed by atoms with Crippen LogP contribution in [0.5, 0.6) is 0 Å². The Balaban J connectivity index is 2.25. The summed E-state index contributed by atoms with van der Waals surface area (Å²) in [5.74, 6) is 5.36. The van der Waals surface area contributed by atoms with Crippen LogP contribution in [-0.2, 0) is 10.0 Å². The zero-order valence-electron chi connectivity index (χ0n) is 9.70. The largest absolute Gasteiger partial charge is 0.384 e. The molecule has 0 radical (unpaired) electrons. The minimum atomic E-state index is -3.60. The number of hydrogen-bond donors (Lipinski definition) is 2. The van der Waals surface area contributed by atoms with Gasteiger partial charge in [-0.1, -0.05) is 17.9 Å². The average Bonchev–Trinajstić information content (AvgIpc) is 2.91. The van der Waals surface area contributed by atoms with E-state index in [1.807, 2.05) is 0 Å². The van der Waals surface area contributed by atoms with Gasteiger partial charge in [0, 0.05) is 11.8 Å². The Morgan fingerprint density at radius 1 is 1.42 bits per heavy atom. The average molecular weight is 294 g/mol. The first kappa shape index (κ1) is 13.5. The molecule has 0 fully saturated rings. The third kappa shape index (κ3) is 3.54. The molecule has 0 aliphatic carbocycles. The number of rotatable bonds is 3. The summed E-state index contributed by atoms with van der Waals surface area (Å²) in [5.41, 5.74) is 0.577. The molecule has 0 saturated carbocycles. The molecule has 0 atom stereocenters. The van der Waals surface area contributed by atoms with Gasteiger partial charge < -0.3 is 5.11 Å². The van der Waals surface area contributed by atoms with Gasteiger partial charge >= 0.3 is 0 Å². The fourth-order valence-corrected chi connectivity index (χ4v) is 3.30. The van der Waals surface area contributed by atoms with Crippen LogP contribution in [-0.4, -0.2) is 25.1 Å². The second-order valence-electron chi connectivity index (χ2n) is 3.43. The van der Waals surface area contributed by atoms with E-state index in [-0.39, 0.29) is 16.6 Å². The van der Waals surface area contributed by atoms with Gasteiger partial charge in [0.2, 0.25) is 0 Å².